The summed E-state index contributed by atoms with van der Waals surface area (Å²) in [5.74, 6) is 0. The van der Waals surface area contributed by atoms with Gasteiger partial charge in [0.25, 0.3) is 0 Å². The van der Waals surface area contributed by atoms with Crippen molar-refractivity contribution in [3.8, 4) is 0 Å². The maximum Gasteiger partial charge on any atom is 0 e. The molecule has 0 amide bonds. The number of halogens is 3. The second-order valence-corrected chi connectivity index (χ2v) is 3.45. The van der Waals surface area contributed by atoms with E-state index in [1.807, 2.05) is 0 Å². The fraction of sp³-hybridized carbons (Fsp3) is 0.556. The molecule has 0 heterocycles. The van der Waals surface area contributed by atoms with Crippen molar-refractivity contribution < 1.29 is 26.2 Å². The second kappa shape index (κ2) is 9.78. The van der Waals surface area contributed by atoms with Gasteiger partial charge in [0, 0.05) is 26.2 Å². The standard InChI is InChI=1S/C9H13.3ClH.Zr/c1-9(2,3)8-6-4-5-7-8;;;;/h4,6H,5H2,1-3H3;3*1H;/q-1;;;;. The van der Waals surface area contributed by atoms with Gasteiger partial charge in [-0.3, -0.25) is 6.08 Å². The van der Waals surface area contributed by atoms with Gasteiger partial charge in [0.2, 0.25) is 0 Å². The van der Waals surface area contributed by atoms with E-state index in [0.717, 1.165) is 6.42 Å². The minimum atomic E-state index is 0. The van der Waals surface area contributed by atoms with E-state index in [1.54, 1.807) is 0 Å². The van der Waals surface area contributed by atoms with E-state index >= 15 is 0 Å². The molecule has 0 N–H and O–H groups in total. The van der Waals surface area contributed by atoms with Crippen LogP contribution in [0.1, 0.15) is 27.2 Å². The maximum atomic E-state index is 3.30. The van der Waals surface area contributed by atoms with Crippen molar-refractivity contribution in [2.75, 3.05) is 0 Å². The average molecular weight is 322 g/mol. The van der Waals surface area contributed by atoms with Crippen molar-refractivity contribution in [2.24, 2.45) is 5.41 Å². The Kier molecular flexibility index (Phi) is 17.9. The summed E-state index contributed by atoms with van der Waals surface area (Å²) in [6, 6.07) is 0. The molecule has 0 radical (unpaired) electrons. The first-order valence-corrected chi connectivity index (χ1v) is 3.38. The summed E-state index contributed by atoms with van der Waals surface area (Å²) >= 11 is 0. The minimum absolute atomic E-state index is 0. The van der Waals surface area contributed by atoms with Crippen LogP contribution in [0.5, 0.6) is 0 Å². The van der Waals surface area contributed by atoms with Gasteiger partial charge in [-0.05, 0) is 5.41 Å². The SMILES string of the molecule is CC(C)(C)C1=[C-]CC=C1.Cl.Cl.Cl.[Zr]. The van der Waals surface area contributed by atoms with E-state index in [-0.39, 0.29) is 63.4 Å². The number of hydrogen-bond donors (Lipinski definition) is 0. The van der Waals surface area contributed by atoms with E-state index in [0.29, 0.717) is 5.41 Å². The monoisotopic (exact) mass is 319 g/mol. The normalized spacial score (nSPS) is 12.7. The molecular weight excluding hydrogens is 306 g/mol. The van der Waals surface area contributed by atoms with E-state index in [1.165, 1.54) is 5.57 Å². The van der Waals surface area contributed by atoms with Gasteiger partial charge in [0.1, 0.15) is 0 Å². The Balaban J connectivity index is -0.000000101. The van der Waals surface area contributed by atoms with Crippen LogP contribution in [0.25, 0.3) is 0 Å². The predicted octanol–water partition coefficient (Wildman–Crippen LogP) is 3.98. The van der Waals surface area contributed by atoms with Crippen molar-refractivity contribution in [1.82, 2.24) is 0 Å². The zero-order valence-electron chi connectivity index (χ0n) is 8.09. The van der Waals surface area contributed by atoms with Crippen molar-refractivity contribution in [3.05, 3.63) is 23.8 Å². The number of allylic oxidation sites excluding steroid dienone is 4. The molecule has 0 saturated carbocycles. The summed E-state index contributed by atoms with van der Waals surface area (Å²) in [4.78, 5) is 0. The Morgan fingerprint density at radius 2 is 1.62 bits per heavy atom. The van der Waals surface area contributed by atoms with Gasteiger partial charge >= 0.3 is 0 Å². The van der Waals surface area contributed by atoms with Crippen LogP contribution in [0.4, 0.5) is 0 Å². The first-order chi connectivity index (χ1) is 4.11. The molecule has 0 aliphatic heterocycles. The third kappa shape index (κ3) is 8.24. The second-order valence-electron chi connectivity index (χ2n) is 3.45. The van der Waals surface area contributed by atoms with Crippen molar-refractivity contribution in [3.63, 3.8) is 0 Å². The fourth-order valence-electron chi connectivity index (χ4n) is 0.920. The molecule has 0 atom stereocenters. The van der Waals surface area contributed by atoms with Crippen LogP contribution in [0.15, 0.2) is 17.7 Å². The Hall–Kier alpha value is 1.23. The van der Waals surface area contributed by atoms with E-state index < -0.39 is 0 Å². The molecule has 1 aliphatic rings. The summed E-state index contributed by atoms with van der Waals surface area (Å²) in [5.41, 5.74) is 1.65. The molecule has 0 spiro atoms. The van der Waals surface area contributed by atoms with Crippen LogP contribution in [0.2, 0.25) is 0 Å². The fourth-order valence-corrected chi connectivity index (χ4v) is 0.920. The van der Waals surface area contributed by atoms with Gasteiger partial charge in [-0.25, -0.2) is 11.6 Å². The van der Waals surface area contributed by atoms with Gasteiger partial charge in [-0.15, -0.1) is 43.6 Å². The van der Waals surface area contributed by atoms with Crippen molar-refractivity contribution in [2.45, 2.75) is 27.2 Å². The van der Waals surface area contributed by atoms with Gasteiger partial charge < -0.3 is 0 Å². The van der Waals surface area contributed by atoms with Crippen molar-refractivity contribution >= 4 is 37.2 Å². The molecule has 0 aromatic rings. The van der Waals surface area contributed by atoms with E-state index in [4.69, 9.17) is 0 Å². The molecule has 1 aliphatic carbocycles. The Morgan fingerprint density at radius 3 is 1.77 bits per heavy atom. The van der Waals surface area contributed by atoms with Gasteiger partial charge in [-0.2, -0.15) is 6.08 Å². The topological polar surface area (TPSA) is 0 Å². The van der Waals surface area contributed by atoms with Gasteiger partial charge in [0.05, 0.1) is 0 Å². The molecule has 0 aromatic carbocycles. The number of hydrogen-bond acceptors (Lipinski definition) is 0. The maximum absolute atomic E-state index is 3.30. The Labute approximate surface area is 119 Å². The Morgan fingerprint density at radius 1 is 1.15 bits per heavy atom. The minimum Gasteiger partial charge on any atom is -0.269 e. The summed E-state index contributed by atoms with van der Waals surface area (Å²) in [7, 11) is 0. The summed E-state index contributed by atoms with van der Waals surface area (Å²) < 4.78 is 0. The number of rotatable bonds is 0. The first kappa shape index (κ1) is 23.8. The molecule has 78 valence electrons. The van der Waals surface area contributed by atoms with Crippen LogP contribution >= 0.6 is 37.2 Å². The molecule has 1 rings (SSSR count). The third-order valence-corrected chi connectivity index (χ3v) is 1.50. The van der Waals surface area contributed by atoms with E-state index in [2.05, 4.69) is 39.0 Å². The molecule has 0 unspecified atom stereocenters. The molecule has 0 saturated heterocycles. The molecule has 0 aromatic heterocycles. The molecular formula is C9H16Cl3Zr-. The average Bonchev–Trinajstić information content (AvgIpc) is 2.08. The summed E-state index contributed by atoms with van der Waals surface area (Å²) in [6.45, 7) is 6.64. The van der Waals surface area contributed by atoms with Crippen LogP contribution < -0.4 is 0 Å². The van der Waals surface area contributed by atoms with Gasteiger partial charge in [0.15, 0.2) is 0 Å². The van der Waals surface area contributed by atoms with Crippen LogP contribution in [-0.4, -0.2) is 0 Å². The molecule has 0 fully saturated rings. The third-order valence-electron chi connectivity index (χ3n) is 1.50. The smallest absolute Gasteiger partial charge is 0 e. The molecule has 4 heteroatoms. The molecule has 13 heavy (non-hydrogen) atoms. The zero-order valence-corrected chi connectivity index (χ0v) is 13.0. The van der Waals surface area contributed by atoms with Crippen LogP contribution in [0.3, 0.4) is 0 Å². The van der Waals surface area contributed by atoms with Crippen molar-refractivity contribution in [1.29, 1.82) is 0 Å². The quantitative estimate of drug-likeness (QED) is 0.592. The summed E-state index contributed by atoms with van der Waals surface area (Å²) in [6.07, 6.45) is 8.63. The van der Waals surface area contributed by atoms with Crippen LogP contribution in [0, 0.1) is 11.5 Å². The van der Waals surface area contributed by atoms with E-state index in [9.17, 15) is 0 Å². The first-order valence-electron chi connectivity index (χ1n) is 3.38. The summed E-state index contributed by atoms with van der Waals surface area (Å²) in [5, 5.41) is 0. The zero-order chi connectivity index (χ0) is 6.91. The molecule has 0 nitrogen and oxygen atoms in total. The van der Waals surface area contributed by atoms with Gasteiger partial charge in [-0.1, -0.05) is 20.8 Å². The molecule has 0 bridgehead atoms. The predicted molar refractivity (Wildman–Crippen MR) is 61.7 cm³/mol. The Bertz CT molecular complexity index is 168. The largest absolute Gasteiger partial charge is 0.269 e. The van der Waals surface area contributed by atoms with Crippen LogP contribution in [-0.2, 0) is 26.2 Å².